The molecule has 1 atom stereocenters. The summed E-state index contributed by atoms with van der Waals surface area (Å²) in [6.45, 7) is 6.17. The van der Waals surface area contributed by atoms with Crippen LogP contribution < -0.4 is 15.4 Å². The molecule has 1 heterocycles. The topological polar surface area (TPSA) is 105 Å². The fourth-order valence-corrected chi connectivity index (χ4v) is 5.85. The summed E-state index contributed by atoms with van der Waals surface area (Å²) in [6.07, 6.45) is 32.5. The Bertz CT molecular complexity index is 1380. The van der Waals surface area contributed by atoms with Gasteiger partial charge in [-0.1, -0.05) is 91.4 Å². The number of nitrogens with zero attached hydrogens (tertiary/aromatic N) is 1. The van der Waals surface area contributed by atoms with Crippen molar-refractivity contribution in [2.75, 3.05) is 25.4 Å². The van der Waals surface area contributed by atoms with Gasteiger partial charge in [-0.3, -0.25) is 24.1 Å². The highest BCUT2D eigenvalue weighted by molar-refractivity contribution is 8.00. The van der Waals surface area contributed by atoms with Crippen LogP contribution in [0.3, 0.4) is 0 Å². The minimum absolute atomic E-state index is 0.110. The van der Waals surface area contributed by atoms with Gasteiger partial charge in [0.15, 0.2) is 5.60 Å². The van der Waals surface area contributed by atoms with Crippen molar-refractivity contribution < 1.29 is 23.9 Å². The van der Waals surface area contributed by atoms with Crippen molar-refractivity contribution >= 4 is 47.0 Å². The smallest absolute Gasteiger partial charge is 0.263 e. The second-order valence-electron chi connectivity index (χ2n) is 12.1. The van der Waals surface area contributed by atoms with Gasteiger partial charge in [-0.2, -0.15) is 0 Å². The maximum atomic E-state index is 12.8. The first-order valence-electron chi connectivity index (χ1n) is 17.5. The summed E-state index contributed by atoms with van der Waals surface area (Å²) in [7, 11) is 0. The summed E-state index contributed by atoms with van der Waals surface area (Å²) in [5, 5.41) is 5.71. The Morgan fingerprint density at radius 1 is 0.840 bits per heavy atom. The summed E-state index contributed by atoms with van der Waals surface area (Å²) < 4.78 is 5.80. The number of allylic oxidation sites excluding steroid dienone is 12. The number of thioether (sulfide) groups is 1. The van der Waals surface area contributed by atoms with E-state index in [9.17, 15) is 19.2 Å². The van der Waals surface area contributed by atoms with Crippen molar-refractivity contribution in [2.24, 2.45) is 0 Å². The minimum atomic E-state index is -1.11. The Morgan fingerprint density at radius 2 is 1.38 bits per heavy atom. The van der Waals surface area contributed by atoms with E-state index in [4.69, 9.17) is 16.3 Å². The van der Waals surface area contributed by atoms with Gasteiger partial charge in [-0.25, -0.2) is 0 Å². The molecule has 272 valence electrons. The predicted octanol–water partition coefficient (Wildman–Crippen LogP) is 8.07. The van der Waals surface area contributed by atoms with Crippen molar-refractivity contribution in [3.8, 4) is 5.75 Å². The number of imide groups is 1. The van der Waals surface area contributed by atoms with Gasteiger partial charge in [0.25, 0.3) is 5.91 Å². The van der Waals surface area contributed by atoms with Gasteiger partial charge in [0, 0.05) is 43.3 Å². The molecule has 1 unspecified atom stereocenters. The van der Waals surface area contributed by atoms with E-state index in [0.717, 1.165) is 38.5 Å². The molecule has 1 aliphatic heterocycles. The number of benzene rings is 1. The molecule has 1 fully saturated rings. The Morgan fingerprint density at radius 3 is 1.94 bits per heavy atom. The molecule has 1 aromatic carbocycles. The lowest BCUT2D eigenvalue weighted by atomic mass is 10.1. The standard InChI is InChI=1S/C40H54ClN3O5S/c1-4-5-6-7-8-9-10-11-12-13-14-15-16-17-18-19-20-21-22-23-36(45)42-28-30-44-37(46)32-35(38(44)47)50-31-29-43-39(48)40(2,3)49-34-26-24-33(41)25-27-34/h5-6,8-9,11-12,14-15,17-18,20-21,24-27,35H,4,7,10,13,16,19,22-23,28-32H2,1-3H3,(H,42,45)(H,43,48). The van der Waals surface area contributed by atoms with Crippen molar-refractivity contribution in [1.29, 1.82) is 0 Å². The molecule has 1 saturated heterocycles. The summed E-state index contributed by atoms with van der Waals surface area (Å²) in [4.78, 5) is 51.3. The molecule has 8 nitrogen and oxygen atoms in total. The van der Waals surface area contributed by atoms with Crippen LogP contribution >= 0.6 is 23.4 Å². The zero-order valence-electron chi connectivity index (χ0n) is 29.8. The molecule has 0 saturated carbocycles. The number of ether oxygens (including phenoxy) is 1. The number of halogens is 1. The maximum Gasteiger partial charge on any atom is 0.263 e. The fraction of sp³-hybridized carbons (Fsp3) is 0.450. The van der Waals surface area contributed by atoms with E-state index in [2.05, 4.69) is 78.3 Å². The van der Waals surface area contributed by atoms with Gasteiger partial charge in [-0.05, 0) is 83.1 Å². The number of carbonyl (C=O) groups is 4. The molecule has 50 heavy (non-hydrogen) atoms. The highest BCUT2D eigenvalue weighted by atomic mass is 35.5. The van der Waals surface area contributed by atoms with Crippen LogP contribution in [0.15, 0.2) is 97.2 Å². The van der Waals surface area contributed by atoms with Crippen LogP contribution in [-0.2, 0) is 19.2 Å². The molecular formula is C40H54ClN3O5S. The van der Waals surface area contributed by atoms with Crippen LogP contribution in [0.5, 0.6) is 5.75 Å². The van der Waals surface area contributed by atoms with Crippen molar-refractivity contribution in [2.45, 2.75) is 89.4 Å². The van der Waals surface area contributed by atoms with Crippen LogP contribution in [0.1, 0.15) is 78.6 Å². The first kappa shape index (κ1) is 42.3. The van der Waals surface area contributed by atoms with Gasteiger partial charge < -0.3 is 15.4 Å². The van der Waals surface area contributed by atoms with E-state index < -0.39 is 10.9 Å². The molecule has 2 N–H and O–H groups in total. The normalized spacial score (nSPS) is 15.7. The average Bonchev–Trinajstić information content (AvgIpc) is 3.36. The second kappa shape index (κ2) is 25.2. The Kier molecular flexibility index (Phi) is 21.3. The Balaban J connectivity index is 1.51. The Hall–Kier alpha value is -3.82. The van der Waals surface area contributed by atoms with E-state index in [-0.39, 0.29) is 43.1 Å². The summed E-state index contributed by atoms with van der Waals surface area (Å²) in [5.74, 6) is 0.0747. The molecular weight excluding hydrogens is 670 g/mol. The largest absolute Gasteiger partial charge is 0.478 e. The number of likely N-dealkylation sites (tertiary alicyclic amines) is 1. The third-order valence-corrected chi connectivity index (χ3v) is 8.90. The molecule has 0 aliphatic carbocycles. The minimum Gasteiger partial charge on any atom is -0.478 e. The number of hydrogen-bond donors (Lipinski definition) is 2. The fourth-order valence-electron chi connectivity index (χ4n) is 4.69. The summed E-state index contributed by atoms with van der Waals surface area (Å²) in [5.41, 5.74) is -1.11. The van der Waals surface area contributed by atoms with Crippen LogP contribution in [0.2, 0.25) is 5.02 Å². The van der Waals surface area contributed by atoms with Crippen molar-refractivity contribution in [3.63, 3.8) is 0 Å². The van der Waals surface area contributed by atoms with E-state index in [1.807, 2.05) is 12.2 Å². The lowest BCUT2D eigenvalue weighted by Gasteiger charge is -2.25. The highest BCUT2D eigenvalue weighted by Crippen LogP contribution is 2.25. The first-order valence-corrected chi connectivity index (χ1v) is 18.9. The number of hydrogen-bond acceptors (Lipinski definition) is 6. The van der Waals surface area contributed by atoms with Gasteiger partial charge in [0.2, 0.25) is 17.7 Å². The number of amides is 4. The molecule has 0 radical (unpaired) electrons. The van der Waals surface area contributed by atoms with Gasteiger partial charge in [-0.15, -0.1) is 11.8 Å². The zero-order chi connectivity index (χ0) is 36.5. The van der Waals surface area contributed by atoms with Crippen LogP contribution in [0.25, 0.3) is 0 Å². The number of nitrogens with one attached hydrogen (secondary N) is 2. The highest BCUT2D eigenvalue weighted by Gasteiger charge is 2.38. The third kappa shape index (κ3) is 18.3. The quantitative estimate of drug-likeness (QED) is 0.0635. The lowest BCUT2D eigenvalue weighted by Crippen LogP contribution is -2.47. The molecule has 1 aliphatic rings. The van der Waals surface area contributed by atoms with Crippen LogP contribution in [0.4, 0.5) is 0 Å². The van der Waals surface area contributed by atoms with Crippen molar-refractivity contribution in [3.05, 3.63) is 102 Å². The zero-order valence-corrected chi connectivity index (χ0v) is 31.4. The Labute approximate surface area is 308 Å². The van der Waals surface area contributed by atoms with Crippen molar-refractivity contribution in [1.82, 2.24) is 15.5 Å². The molecule has 4 amide bonds. The van der Waals surface area contributed by atoms with E-state index in [1.165, 1.54) is 16.7 Å². The van der Waals surface area contributed by atoms with E-state index in [0.29, 0.717) is 35.9 Å². The maximum absolute atomic E-state index is 12.8. The molecule has 10 heteroatoms. The molecule has 2 rings (SSSR count). The monoisotopic (exact) mass is 723 g/mol. The van der Waals surface area contributed by atoms with Gasteiger partial charge >= 0.3 is 0 Å². The summed E-state index contributed by atoms with van der Waals surface area (Å²) >= 11 is 7.24. The molecule has 0 aromatic heterocycles. The first-order chi connectivity index (χ1) is 24.1. The van der Waals surface area contributed by atoms with Gasteiger partial charge in [0.05, 0.1) is 5.25 Å². The average molecular weight is 724 g/mol. The summed E-state index contributed by atoms with van der Waals surface area (Å²) in [6, 6.07) is 6.77. The molecule has 0 spiro atoms. The lowest BCUT2D eigenvalue weighted by molar-refractivity contribution is -0.138. The van der Waals surface area contributed by atoms with E-state index in [1.54, 1.807) is 38.1 Å². The third-order valence-electron chi connectivity index (χ3n) is 7.43. The number of rotatable bonds is 24. The van der Waals surface area contributed by atoms with Crippen LogP contribution in [-0.4, -0.2) is 64.8 Å². The predicted molar refractivity (Wildman–Crippen MR) is 207 cm³/mol. The van der Waals surface area contributed by atoms with Crippen LogP contribution in [0, 0.1) is 0 Å². The van der Waals surface area contributed by atoms with Gasteiger partial charge in [0.1, 0.15) is 5.75 Å². The second-order valence-corrected chi connectivity index (χ2v) is 13.8. The number of carbonyl (C=O) groups excluding carboxylic acids is 4. The molecule has 0 bridgehead atoms. The van der Waals surface area contributed by atoms with E-state index >= 15 is 0 Å². The molecule has 1 aromatic rings. The SMILES string of the molecule is CCC=CCC=CCC=CCC=CCC=CCC=CCCC(=O)NCCN1C(=O)CC(SCCNC(=O)C(C)(C)Oc2ccc(Cl)cc2)C1=O.